The Labute approximate surface area is 107 Å². The van der Waals surface area contributed by atoms with Crippen LogP contribution >= 0.6 is 0 Å². The van der Waals surface area contributed by atoms with Gasteiger partial charge < -0.3 is 10.6 Å². The lowest BCUT2D eigenvalue weighted by atomic mass is 9.88. The van der Waals surface area contributed by atoms with Crippen LogP contribution in [0.15, 0.2) is 24.3 Å². The molecule has 2 rings (SSSR count). The Kier molecular flexibility index (Phi) is 4.32. The monoisotopic (exact) mass is 243 g/mol. The molecule has 2 N–H and O–H groups in total. The minimum Gasteiger partial charge on any atom is -0.342 e. The summed E-state index contributed by atoms with van der Waals surface area (Å²) in [5.74, 6) is -0.115. The average Bonchev–Trinajstić information content (AvgIpc) is 2.42. The van der Waals surface area contributed by atoms with Crippen molar-refractivity contribution >= 4 is 5.91 Å². The van der Waals surface area contributed by atoms with Gasteiger partial charge >= 0.3 is 0 Å². The predicted octanol–water partition coefficient (Wildman–Crippen LogP) is 0.773. The van der Waals surface area contributed by atoms with Crippen molar-refractivity contribution in [3.05, 3.63) is 35.4 Å². The molecule has 0 saturated carbocycles. The van der Waals surface area contributed by atoms with E-state index in [9.17, 15) is 4.79 Å². The van der Waals surface area contributed by atoms with E-state index < -0.39 is 0 Å². The van der Waals surface area contributed by atoms with Crippen LogP contribution in [0.2, 0.25) is 0 Å². The molecule has 1 atom stereocenters. The third kappa shape index (κ3) is 3.31. The number of nitrogens with zero attached hydrogens (tertiary/aromatic N) is 1. The van der Waals surface area contributed by atoms with Crippen LogP contribution in [0.5, 0.6) is 0 Å². The molecule has 0 aliphatic heterocycles. The molecule has 0 heterocycles. The smallest absolute Gasteiger partial charge is 0.234 e. The van der Waals surface area contributed by atoms with Crippen molar-refractivity contribution in [3.63, 3.8) is 0 Å². The predicted molar refractivity (Wildman–Crippen MR) is 68.9 cm³/mol. The Morgan fingerprint density at radius 1 is 1.39 bits per heavy atom. The molecular weight excluding hydrogens is 226 g/mol. The molecule has 0 radical (unpaired) electrons. The van der Waals surface area contributed by atoms with Crippen molar-refractivity contribution in [1.29, 1.82) is 5.26 Å². The van der Waals surface area contributed by atoms with Crippen molar-refractivity contribution in [3.8, 4) is 6.07 Å². The summed E-state index contributed by atoms with van der Waals surface area (Å²) in [7, 11) is 0. The zero-order chi connectivity index (χ0) is 12.8. The molecule has 1 aliphatic carbocycles. The number of benzene rings is 1. The van der Waals surface area contributed by atoms with Crippen molar-refractivity contribution < 1.29 is 4.79 Å². The molecule has 1 aliphatic rings. The topological polar surface area (TPSA) is 64.9 Å². The summed E-state index contributed by atoms with van der Waals surface area (Å²) in [6.45, 7) is 0.364. The van der Waals surface area contributed by atoms with Crippen LogP contribution < -0.4 is 10.6 Å². The van der Waals surface area contributed by atoms with Crippen LogP contribution in [0.1, 0.15) is 17.5 Å². The number of nitrogens with one attached hydrogen (secondary N) is 2. The number of carbonyl (C=O) groups excluding carboxylic acids is 1. The number of hydrogen-bond donors (Lipinski definition) is 2. The Bertz CT molecular complexity index is 464. The van der Waals surface area contributed by atoms with Crippen molar-refractivity contribution in [2.75, 3.05) is 13.1 Å². The van der Waals surface area contributed by atoms with Crippen molar-refractivity contribution in [1.82, 2.24) is 10.6 Å². The van der Waals surface area contributed by atoms with E-state index in [0.29, 0.717) is 6.04 Å². The number of carbonyl (C=O) groups is 1. The Balaban J connectivity index is 1.80. The Hall–Kier alpha value is -1.86. The molecule has 0 aromatic heterocycles. The van der Waals surface area contributed by atoms with Crippen molar-refractivity contribution in [2.45, 2.75) is 25.3 Å². The number of amides is 1. The van der Waals surface area contributed by atoms with Crippen LogP contribution in [0.4, 0.5) is 0 Å². The van der Waals surface area contributed by atoms with E-state index in [0.717, 1.165) is 19.3 Å². The second kappa shape index (κ2) is 6.18. The first-order valence-electron chi connectivity index (χ1n) is 6.23. The highest BCUT2D eigenvalue weighted by Crippen LogP contribution is 2.20. The lowest BCUT2D eigenvalue weighted by molar-refractivity contribution is -0.120. The molecule has 0 spiro atoms. The summed E-state index contributed by atoms with van der Waals surface area (Å²) in [4.78, 5) is 11.4. The lowest BCUT2D eigenvalue weighted by Crippen LogP contribution is -2.41. The molecule has 18 heavy (non-hydrogen) atoms. The van der Waals surface area contributed by atoms with Crippen LogP contribution in [-0.2, 0) is 17.6 Å². The summed E-state index contributed by atoms with van der Waals surface area (Å²) in [5.41, 5.74) is 2.79. The zero-order valence-corrected chi connectivity index (χ0v) is 10.3. The van der Waals surface area contributed by atoms with Crippen molar-refractivity contribution in [2.24, 2.45) is 0 Å². The van der Waals surface area contributed by atoms with Gasteiger partial charge in [0.15, 0.2) is 0 Å². The Morgan fingerprint density at radius 2 is 2.17 bits per heavy atom. The van der Waals surface area contributed by atoms with E-state index >= 15 is 0 Å². The van der Waals surface area contributed by atoms with E-state index in [1.807, 2.05) is 6.07 Å². The highest BCUT2D eigenvalue weighted by molar-refractivity contribution is 5.78. The number of nitriles is 1. The molecule has 0 fully saturated rings. The first kappa shape index (κ1) is 12.6. The van der Waals surface area contributed by atoms with E-state index in [4.69, 9.17) is 5.26 Å². The number of rotatable bonds is 4. The van der Waals surface area contributed by atoms with E-state index in [1.54, 1.807) is 0 Å². The minimum absolute atomic E-state index is 0.0774. The van der Waals surface area contributed by atoms with Gasteiger partial charge in [0.1, 0.15) is 6.54 Å². The zero-order valence-electron chi connectivity index (χ0n) is 10.3. The van der Waals surface area contributed by atoms with Gasteiger partial charge in [0.05, 0.1) is 12.6 Å². The SMILES string of the molecule is N#CCNC(=O)CNC1CCc2ccccc2C1. The van der Waals surface area contributed by atoms with Gasteiger partial charge in [-0.3, -0.25) is 4.79 Å². The second-order valence-corrected chi connectivity index (χ2v) is 4.52. The highest BCUT2D eigenvalue weighted by atomic mass is 16.1. The first-order valence-corrected chi connectivity index (χ1v) is 6.23. The van der Waals surface area contributed by atoms with Gasteiger partial charge in [-0.1, -0.05) is 24.3 Å². The van der Waals surface area contributed by atoms with Gasteiger partial charge in [0.25, 0.3) is 0 Å². The molecule has 1 unspecified atom stereocenters. The van der Waals surface area contributed by atoms with Gasteiger partial charge in [-0.2, -0.15) is 5.26 Å². The highest BCUT2D eigenvalue weighted by Gasteiger charge is 2.18. The molecule has 0 saturated heterocycles. The fourth-order valence-electron chi connectivity index (χ4n) is 2.31. The second-order valence-electron chi connectivity index (χ2n) is 4.52. The summed E-state index contributed by atoms with van der Waals surface area (Å²) < 4.78 is 0. The van der Waals surface area contributed by atoms with Gasteiger partial charge in [-0.25, -0.2) is 0 Å². The minimum atomic E-state index is -0.115. The van der Waals surface area contributed by atoms with E-state index in [2.05, 4.69) is 34.9 Å². The molecule has 94 valence electrons. The summed E-state index contributed by atoms with van der Waals surface area (Å²) in [5, 5.41) is 14.1. The van der Waals surface area contributed by atoms with E-state index in [1.165, 1.54) is 11.1 Å². The number of hydrogen-bond acceptors (Lipinski definition) is 3. The largest absolute Gasteiger partial charge is 0.342 e. The van der Waals surface area contributed by atoms with Gasteiger partial charge in [0, 0.05) is 6.04 Å². The summed E-state index contributed by atoms with van der Waals surface area (Å²) in [6.07, 6.45) is 3.10. The fourth-order valence-corrected chi connectivity index (χ4v) is 2.31. The molecule has 1 aromatic carbocycles. The maximum atomic E-state index is 11.4. The Morgan fingerprint density at radius 3 is 2.94 bits per heavy atom. The normalized spacial score (nSPS) is 17.6. The molecule has 1 aromatic rings. The summed E-state index contributed by atoms with van der Waals surface area (Å²) in [6, 6.07) is 10.7. The molecule has 0 bridgehead atoms. The lowest BCUT2D eigenvalue weighted by Gasteiger charge is -2.25. The van der Waals surface area contributed by atoms with Crippen LogP contribution in [0.25, 0.3) is 0 Å². The van der Waals surface area contributed by atoms with Crippen LogP contribution in [-0.4, -0.2) is 25.0 Å². The van der Waals surface area contributed by atoms with Crippen LogP contribution in [0, 0.1) is 11.3 Å². The third-order valence-electron chi connectivity index (χ3n) is 3.26. The van der Waals surface area contributed by atoms with E-state index in [-0.39, 0.29) is 19.0 Å². The van der Waals surface area contributed by atoms with Crippen LogP contribution in [0.3, 0.4) is 0 Å². The first-order chi connectivity index (χ1) is 8.79. The standard InChI is InChI=1S/C14H17N3O/c15-7-8-16-14(18)10-17-13-6-5-11-3-1-2-4-12(11)9-13/h1-4,13,17H,5-6,8-10H2,(H,16,18). The number of fused-ring (bicyclic) bond motifs is 1. The quantitative estimate of drug-likeness (QED) is 0.768. The number of aryl methyl sites for hydroxylation is 1. The van der Waals surface area contributed by atoms with Gasteiger partial charge in [-0.15, -0.1) is 0 Å². The molecular formula is C14H17N3O. The fraction of sp³-hybridized carbons (Fsp3) is 0.429. The molecule has 1 amide bonds. The maximum absolute atomic E-state index is 11.4. The summed E-state index contributed by atoms with van der Waals surface area (Å²) >= 11 is 0. The molecule has 4 heteroatoms. The average molecular weight is 243 g/mol. The van der Waals surface area contributed by atoms with Gasteiger partial charge in [0.2, 0.25) is 5.91 Å². The third-order valence-corrected chi connectivity index (χ3v) is 3.26. The van der Waals surface area contributed by atoms with Gasteiger partial charge in [-0.05, 0) is 30.4 Å². The maximum Gasteiger partial charge on any atom is 0.234 e. The molecule has 4 nitrogen and oxygen atoms in total.